The van der Waals surface area contributed by atoms with Gasteiger partial charge in [-0.15, -0.1) is 0 Å². The second kappa shape index (κ2) is 5.51. The molecule has 0 radical (unpaired) electrons. The van der Waals surface area contributed by atoms with Crippen molar-refractivity contribution in [1.29, 1.82) is 0 Å². The maximum Gasteiger partial charge on any atom is 0.291 e. The van der Waals surface area contributed by atoms with E-state index in [1.54, 1.807) is 19.1 Å². The van der Waals surface area contributed by atoms with E-state index in [-0.39, 0.29) is 5.91 Å². The number of aryl methyl sites for hydroxylation is 1. The van der Waals surface area contributed by atoms with E-state index >= 15 is 0 Å². The number of nitrogens with two attached hydrogens (primary N) is 1. The molecule has 0 aliphatic rings. The summed E-state index contributed by atoms with van der Waals surface area (Å²) in [5, 5.41) is 2.78. The van der Waals surface area contributed by atoms with Crippen LogP contribution in [-0.4, -0.2) is 12.5 Å². The van der Waals surface area contributed by atoms with E-state index < -0.39 is 0 Å². The summed E-state index contributed by atoms with van der Waals surface area (Å²) >= 11 is 0. The Labute approximate surface area is 106 Å². The molecule has 94 valence electrons. The van der Waals surface area contributed by atoms with Crippen molar-refractivity contribution in [2.45, 2.75) is 13.3 Å². The third kappa shape index (κ3) is 2.99. The smallest absolute Gasteiger partial charge is 0.291 e. The highest BCUT2D eigenvalue weighted by Gasteiger charge is 2.09. The predicted molar refractivity (Wildman–Crippen MR) is 70.6 cm³/mol. The second-order valence-corrected chi connectivity index (χ2v) is 4.10. The van der Waals surface area contributed by atoms with E-state index in [9.17, 15) is 4.79 Å². The van der Waals surface area contributed by atoms with Crippen LogP contribution in [0.4, 0.5) is 5.69 Å². The van der Waals surface area contributed by atoms with Gasteiger partial charge in [0.05, 0.1) is 0 Å². The van der Waals surface area contributed by atoms with Gasteiger partial charge in [0.25, 0.3) is 5.91 Å². The quantitative estimate of drug-likeness (QED) is 0.867. The zero-order valence-electron chi connectivity index (χ0n) is 10.3. The average molecular weight is 244 g/mol. The molecule has 1 aromatic heterocycles. The van der Waals surface area contributed by atoms with Crippen LogP contribution in [0.15, 0.2) is 40.8 Å². The molecule has 2 rings (SSSR count). The van der Waals surface area contributed by atoms with Crippen molar-refractivity contribution >= 4 is 11.6 Å². The van der Waals surface area contributed by atoms with Crippen molar-refractivity contribution in [3.8, 4) is 0 Å². The van der Waals surface area contributed by atoms with Crippen LogP contribution in [0, 0.1) is 6.92 Å². The first-order valence-electron chi connectivity index (χ1n) is 5.86. The van der Waals surface area contributed by atoms with Crippen molar-refractivity contribution < 1.29 is 9.21 Å². The lowest BCUT2D eigenvalue weighted by molar-refractivity contribution is 0.0995. The highest BCUT2D eigenvalue weighted by molar-refractivity contribution is 6.02. The molecule has 0 unspecified atom stereocenters. The van der Waals surface area contributed by atoms with Crippen LogP contribution >= 0.6 is 0 Å². The third-order valence-electron chi connectivity index (χ3n) is 2.61. The Hall–Kier alpha value is -2.07. The van der Waals surface area contributed by atoms with Crippen molar-refractivity contribution in [1.82, 2.24) is 0 Å². The van der Waals surface area contributed by atoms with Gasteiger partial charge in [-0.1, -0.05) is 12.1 Å². The first kappa shape index (κ1) is 12.4. The number of carbonyl (C=O) groups excluding carboxylic acids is 1. The van der Waals surface area contributed by atoms with E-state index in [1.807, 2.05) is 24.3 Å². The number of amides is 1. The number of benzene rings is 1. The van der Waals surface area contributed by atoms with E-state index in [4.69, 9.17) is 10.2 Å². The monoisotopic (exact) mass is 244 g/mol. The summed E-state index contributed by atoms with van der Waals surface area (Å²) in [5.74, 6) is 0.798. The van der Waals surface area contributed by atoms with E-state index in [0.29, 0.717) is 12.3 Å². The molecule has 1 heterocycles. The maximum absolute atomic E-state index is 11.8. The first-order chi connectivity index (χ1) is 8.69. The van der Waals surface area contributed by atoms with Gasteiger partial charge in [-0.3, -0.25) is 4.79 Å². The number of furan rings is 1. The Morgan fingerprint density at radius 1 is 1.22 bits per heavy atom. The molecular formula is C14H16N2O2. The summed E-state index contributed by atoms with van der Waals surface area (Å²) in [5.41, 5.74) is 7.38. The zero-order chi connectivity index (χ0) is 13.0. The molecule has 4 heteroatoms. The van der Waals surface area contributed by atoms with E-state index in [0.717, 1.165) is 23.4 Å². The molecule has 18 heavy (non-hydrogen) atoms. The highest BCUT2D eigenvalue weighted by atomic mass is 16.3. The Balaban J connectivity index is 2.03. The fraction of sp³-hybridized carbons (Fsp3) is 0.214. The van der Waals surface area contributed by atoms with Crippen LogP contribution in [0.5, 0.6) is 0 Å². The zero-order valence-corrected chi connectivity index (χ0v) is 10.3. The summed E-state index contributed by atoms with van der Waals surface area (Å²) < 4.78 is 5.25. The van der Waals surface area contributed by atoms with E-state index in [1.165, 1.54) is 0 Å². The number of nitrogens with one attached hydrogen (secondary N) is 1. The number of hydrogen-bond acceptors (Lipinski definition) is 3. The first-order valence-corrected chi connectivity index (χ1v) is 5.86. The molecule has 0 aliphatic carbocycles. The van der Waals surface area contributed by atoms with Gasteiger partial charge in [-0.05, 0) is 49.7 Å². The molecule has 1 aromatic carbocycles. The van der Waals surface area contributed by atoms with Crippen molar-refractivity contribution in [2.24, 2.45) is 5.73 Å². The minimum Gasteiger partial charge on any atom is -0.456 e. The Morgan fingerprint density at radius 2 is 1.94 bits per heavy atom. The molecule has 3 N–H and O–H groups in total. The summed E-state index contributed by atoms with van der Waals surface area (Å²) in [6.07, 6.45) is 0.839. The van der Waals surface area contributed by atoms with Gasteiger partial charge in [0, 0.05) is 5.69 Å². The van der Waals surface area contributed by atoms with Gasteiger partial charge in [0.2, 0.25) is 0 Å². The molecule has 0 fully saturated rings. The topological polar surface area (TPSA) is 68.3 Å². The number of anilines is 1. The van der Waals surface area contributed by atoms with Gasteiger partial charge in [0.1, 0.15) is 5.76 Å². The molecule has 0 atom stereocenters. The molecule has 0 bridgehead atoms. The molecule has 4 nitrogen and oxygen atoms in total. The molecule has 0 saturated heterocycles. The van der Waals surface area contributed by atoms with Crippen LogP contribution in [-0.2, 0) is 6.42 Å². The lowest BCUT2D eigenvalue weighted by atomic mass is 10.1. The number of rotatable bonds is 4. The largest absolute Gasteiger partial charge is 0.456 e. The summed E-state index contributed by atoms with van der Waals surface area (Å²) in [6, 6.07) is 11.1. The Bertz CT molecular complexity index is 529. The Morgan fingerprint density at radius 3 is 2.50 bits per heavy atom. The van der Waals surface area contributed by atoms with Crippen LogP contribution in [0.3, 0.4) is 0 Å². The minimum absolute atomic E-state index is 0.241. The fourth-order valence-electron chi connectivity index (χ4n) is 1.67. The highest BCUT2D eigenvalue weighted by Crippen LogP contribution is 2.13. The van der Waals surface area contributed by atoms with Crippen LogP contribution < -0.4 is 11.1 Å². The maximum atomic E-state index is 11.8. The lowest BCUT2D eigenvalue weighted by Gasteiger charge is -2.04. The van der Waals surface area contributed by atoms with Crippen molar-refractivity contribution in [3.63, 3.8) is 0 Å². The molecule has 0 aliphatic heterocycles. The summed E-state index contributed by atoms with van der Waals surface area (Å²) in [7, 11) is 0. The van der Waals surface area contributed by atoms with Crippen molar-refractivity contribution in [2.75, 3.05) is 11.9 Å². The number of hydrogen-bond donors (Lipinski definition) is 2. The number of carbonyl (C=O) groups is 1. The molecule has 1 amide bonds. The molecule has 0 saturated carbocycles. The second-order valence-electron chi connectivity index (χ2n) is 4.10. The third-order valence-corrected chi connectivity index (χ3v) is 2.61. The van der Waals surface area contributed by atoms with Gasteiger partial charge >= 0.3 is 0 Å². The SMILES string of the molecule is Cc1ccc(C(=O)Nc2ccc(CCN)cc2)o1. The van der Waals surface area contributed by atoms with Crippen molar-refractivity contribution in [3.05, 3.63) is 53.5 Å². The van der Waals surface area contributed by atoms with Gasteiger partial charge in [-0.2, -0.15) is 0 Å². The Kier molecular flexibility index (Phi) is 3.79. The summed E-state index contributed by atoms with van der Waals surface area (Å²) in [4.78, 5) is 11.8. The lowest BCUT2D eigenvalue weighted by Crippen LogP contribution is -2.11. The van der Waals surface area contributed by atoms with E-state index in [2.05, 4.69) is 5.32 Å². The molecular weight excluding hydrogens is 228 g/mol. The van der Waals surface area contributed by atoms with Crippen LogP contribution in [0.25, 0.3) is 0 Å². The molecule has 2 aromatic rings. The van der Waals surface area contributed by atoms with Crippen LogP contribution in [0.1, 0.15) is 21.9 Å². The standard InChI is InChI=1S/C14H16N2O2/c1-10-2-7-13(18-10)14(17)16-12-5-3-11(4-6-12)8-9-15/h2-7H,8-9,15H2,1H3,(H,16,17). The normalized spacial score (nSPS) is 10.3. The fourth-order valence-corrected chi connectivity index (χ4v) is 1.67. The summed E-state index contributed by atoms with van der Waals surface area (Å²) in [6.45, 7) is 2.43. The van der Waals surface area contributed by atoms with Gasteiger partial charge in [-0.25, -0.2) is 0 Å². The molecule has 0 spiro atoms. The van der Waals surface area contributed by atoms with Crippen LogP contribution in [0.2, 0.25) is 0 Å². The average Bonchev–Trinajstić information content (AvgIpc) is 2.79. The van der Waals surface area contributed by atoms with Gasteiger partial charge < -0.3 is 15.5 Å². The minimum atomic E-state index is -0.241. The predicted octanol–water partition coefficient (Wildman–Crippen LogP) is 2.34. The van der Waals surface area contributed by atoms with Gasteiger partial charge in [0.15, 0.2) is 5.76 Å².